The van der Waals surface area contributed by atoms with E-state index >= 15 is 0 Å². The summed E-state index contributed by atoms with van der Waals surface area (Å²) < 4.78 is 41.2. The van der Waals surface area contributed by atoms with Gasteiger partial charge in [-0.25, -0.2) is 22.2 Å². The predicted molar refractivity (Wildman–Crippen MR) is 84.0 cm³/mol. The zero-order valence-corrected chi connectivity index (χ0v) is 12.9. The fourth-order valence-electron chi connectivity index (χ4n) is 2.05. The fraction of sp³-hybridized carbons (Fsp3) is 0.0625. The SMILES string of the molecule is O=S(=O)(NCc1ccn(-c2ccccc2)n1)c1ccc(F)cc1. The van der Waals surface area contributed by atoms with E-state index in [2.05, 4.69) is 9.82 Å². The second kappa shape index (κ2) is 6.31. The number of nitrogens with one attached hydrogen (secondary N) is 1. The summed E-state index contributed by atoms with van der Waals surface area (Å²) in [6.45, 7) is 0.0551. The maximum atomic E-state index is 12.9. The smallest absolute Gasteiger partial charge is 0.240 e. The lowest BCUT2D eigenvalue weighted by Gasteiger charge is -2.05. The van der Waals surface area contributed by atoms with Crippen LogP contribution in [-0.4, -0.2) is 18.2 Å². The predicted octanol–water partition coefficient (Wildman–Crippen LogP) is 2.49. The number of sulfonamides is 1. The minimum Gasteiger partial charge on any atom is -0.241 e. The van der Waals surface area contributed by atoms with Crippen molar-refractivity contribution in [3.05, 3.63) is 78.4 Å². The highest BCUT2D eigenvalue weighted by atomic mass is 32.2. The molecule has 0 aliphatic carbocycles. The molecule has 3 aromatic rings. The third kappa shape index (κ3) is 3.64. The molecule has 0 radical (unpaired) electrons. The molecule has 23 heavy (non-hydrogen) atoms. The molecule has 118 valence electrons. The highest BCUT2D eigenvalue weighted by Crippen LogP contribution is 2.11. The Morgan fingerprint density at radius 3 is 2.39 bits per heavy atom. The van der Waals surface area contributed by atoms with Crippen molar-refractivity contribution in [1.82, 2.24) is 14.5 Å². The van der Waals surface area contributed by atoms with E-state index < -0.39 is 15.8 Å². The second-order valence-electron chi connectivity index (χ2n) is 4.87. The molecule has 0 amide bonds. The van der Waals surface area contributed by atoms with Gasteiger partial charge in [-0.2, -0.15) is 5.10 Å². The van der Waals surface area contributed by atoms with Gasteiger partial charge in [-0.3, -0.25) is 0 Å². The molecule has 0 saturated heterocycles. The third-order valence-corrected chi connectivity index (χ3v) is 4.65. The van der Waals surface area contributed by atoms with Gasteiger partial charge < -0.3 is 0 Å². The van der Waals surface area contributed by atoms with E-state index in [9.17, 15) is 12.8 Å². The Balaban J connectivity index is 1.71. The largest absolute Gasteiger partial charge is 0.241 e. The monoisotopic (exact) mass is 331 g/mol. The van der Waals surface area contributed by atoms with Gasteiger partial charge in [0.05, 0.1) is 22.8 Å². The van der Waals surface area contributed by atoms with Gasteiger partial charge in [-0.1, -0.05) is 18.2 Å². The Hall–Kier alpha value is -2.51. The van der Waals surface area contributed by atoms with Crippen LogP contribution in [-0.2, 0) is 16.6 Å². The molecule has 0 spiro atoms. The zero-order chi connectivity index (χ0) is 16.3. The van der Waals surface area contributed by atoms with Gasteiger partial charge in [0.1, 0.15) is 5.82 Å². The van der Waals surface area contributed by atoms with Crippen LogP contribution in [0.5, 0.6) is 0 Å². The highest BCUT2D eigenvalue weighted by molar-refractivity contribution is 7.89. The summed E-state index contributed by atoms with van der Waals surface area (Å²) >= 11 is 0. The normalized spacial score (nSPS) is 11.5. The lowest BCUT2D eigenvalue weighted by Crippen LogP contribution is -2.23. The number of benzene rings is 2. The summed E-state index contributed by atoms with van der Waals surface area (Å²) in [6, 6.07) is 15.9. The lowest BCUT2D eigenvalue weighted by molar-refractivity contribution is 0.579. The van der Waals surface area contributed by atoms with E-state index in [0.717, 1.165) is 17.8 Å². The van der Waals surface area contributed by atoms with Gasteiger partial charge >= 0.3 is 0 Å². The van der Waals surface area contributed by atoms with Gasteiger partial charge in [0.25, 0.3) is 0 Å². The Bertz CT molecular complexity index is 891. The van der Waals surface area contributed by atoms with Crippen LogP contribution >= 0.6 is 0 Å². The second-order valence-corrected chi connectivity index (χ2v) is 6.63. The fourth-order valence-corrected chi connectivity index (χ4v) is 3.05. The number of nitrogens with zero attached hydrogens (tertiary/aromatic N) is 2. The molecule has 1 heterocycles. The van der Waals surface area contributed by atoms with Gasteiger partial charge in [0.15, 0.2) is 0 Å². The molecule has 0 atom stereocenters. The van der Waals surface area contributed by atoms with Gasteiger partial charge in [-0.15, -0.1) is 0 Å². The maximum Gasteiger partial charge on any atom is 0.240 e. The molecular formula is C16H14FN3O2S. The van der Waals surface area contributed by atoms with Crippen LogP contribution in [0.3, 0.4) is 0 Å². The quantitative estimate of drug-likeness (QED) is 0.781. The summed E-state index contributed by atoms with van der Waals surface area (Å²) in [5.74, 6) is -0.481. The van der Waals surface area contributed by atoms with Crippen LogP contribution < -0.4 is 4.72 Å². The summed E-state index contributed by atoms with van der Waals surface area (Å²) in [5.41, 5.74) is 1.47. The van der Waals surface area contributed by atoms with E-state index in [4.69, 9.17) is 0 Å². The molecule has 5 nitrogen and oxygen atoms in total. The molecule has 0 aliphatic rings. The summed E-state index contributed by atoms with van der Waals surface area (Å²) in [7, 11) is -3.70. The first kappa shape index (κ1) is 15.4. The molecule has 0 fully saturated rings. The van der Waals surface area contributed by atoms with Crippen molar-refractivity contribution in [2.24, 2.45) is 0 Å². The van der Waals surface area contributed by atoms with Gasteiger partial charge in [0, 0.05) is 6.20 Å². The third-order valence-electron chi connectivity index (χ3n) is 3.23. The van der Waals surface area contributed by atoms with Gasteiger partial charge in [-0.05, 0) is 42.5 Å². The lowest BCUT2D eigenvalue weighted by atomic mass is 10.3. The Morgan fingerprint density at radius 2 is 1.70 bits per heavy atom. The van der Waals surface area contributed by atoms with E-state index in [1.807, 2.05) is 30.3 Å². The maximum absolute atomic E-state index is 12.9. The number of rotatable bonds is 5. The number of aromatic nitrogens is 2. The van der Waals surface area contributed by atoms with E-state index in [1.165, 1.54) is 12.1 Å². The first-order valence-corrected chi connectivity index (χ1v) is 8.38. The minimum atomic E-state index is -3.70. The molecule has 0 unspecified atom stereocenters. The van der Waals surface area contributed by atoms with Gasteiger partial charge in [0.2, 0.25) is 10.0 Å². The standard InChI is InChI=1S/C16H14FN3O2S/c17-13-6-8-16(9-7-13)23(21,22)18-12-14-10-11-20(19-14)15-4-2-1-3-5-15/h1-11,18H,12H2. The molecule has 0 aliphatic heterocycles. The molecular weight excluding hydrogens is 317 g/mol. The molecule has 0 saturated carbocycles. The molecule has 7 heteroatoms. The van der Waals surface area contributed by atoms with Crippen LogP contribution in [0, 0.1) is 5.82 Å². The molecule has 2 aromatic carbocycles. The average molecular weight is 331 g/mol. The van der Waals surface area contributed by atoms with Crippen molar-refractivity contribution in [2.75, 3.05) is 0 Å². The van der Waals surface area contributed by atoms with Crippen molar-refractivity contribution >= 4 is 10.0 Å². The van der Waals surface area contributed by atoms with Crippen LogP contribution in [0.15, 0.2) is 71.8 Å². The van der Waals surface area contributed by atoms with Crippen molar-refractivity contribution in [3.63, 3.8) is 0 Å². The Morgan fingerprint density at radius 1 is 1.00 bits per heavy atom. The van der Waals surface area contributed by atoms with Crippen molar-refractivity contribution < 1.29 is 12.8 Å². The van der Waals surface area contributed by atoms with Crippen LogP contribution in [0.2, 0.25) is 0 Å². The first-order chi connectivity index (χ1) is 11.0. The highest BCUT2D eigenvalue weighted by Gasteiger charge is 2.14. The van der Waals surface area contributed by atoms with Crippen molar-refractivity contribution in [2.45, 2.75) is 11.4 Å². The molecule has 3 rings (SSSR count). The van der Waals surface area contributed by atoms with Crippen molar-refractivity contribution in [1.29, 1.82) is 0 Å². The topological polar surface area (TPSA) is 64.0 Å². The average Bonchev–Trinajstić information content (AvgIpc) is 3.03. The Kier molecular flexibility index (Phi) is 4.22. The molecule has 0 bridgehead atoms. The molecule has 1 N–H and O–H groups in total. The van der Waals surface area contributed by atoms with E-state index in [1.54, 1.807) is 16.9 Å². The summed E-state index contributed by atoms with van der Waals surface area (Å²) in [6.07, 6.45) is 1.76. The summed E-state index contributed by atoms with van der Waals surface area (Å²) in [5, 5.41) is 4.32. The first-order valence-electron chi connectivity index (χ1n) is 6.90. The molecule has 1 aromatic heterocycles. The van der Waals surface area contributed by atoms with Crippen LogP contribution in [0.4, 0.5) is 4.39 Å². The zero-order valence-electron chi connectivity index (χ0n) is 12.1. The number of hydrogen-bond acceptors (Lipinski definition) is 3. The summed E-state index contributed by atoms with van der Waals surface area (Å²) in [4.78, 5) is 0.0152. The number of halogens is 1. The van der Waals surface area contributed by atoms with Crippen LogP contribution in [0.25, 0.3) is 5.69 Å². The minimum absolute atomic E-state index is 0.0152. The van der Waals surface area contributed by atoms with Crippen molar-refractivity contribution in [3.8, 4) is 5.69 Å². The number of hydrogen-bond donors (Lipinski definition) is 1. The van der Waals surface area contributed by atoms with Crippen LogP contribution in [0.1, 0.15) is 5.69 Å². The Labute approximate surface area is 133 Å². The van der Waals surface area contributed by atoms with E-state index in [-0.39, 0.29) is 11.4 Å². The van der Waals surface area contributed by atoms with E-state index in [0.29, 0.717) is 5.69 Å². The number of para-hydroxylation sites is 1.